The van der Waals surface area contributed by atoms with Crippen molar-refractivity contribution in [1.29, 1.82) is 0 Å². The molecule has 26 heavy (non-hydrogen) atoms. The fraction of sp³-hybridized carbons (Fsp3) is 0.211. The zero-order valence-corrected chi connectivity index (χ0v) is 15.2. The zero-order valence-electron chi connectivity index (χ0n) is 14.4. The van der Waals surface area contributed by atoms with E-state index in [-0.39, 0.29) is 12.5 Å². The van der Waals surface area contributed by atoms with Crippen molar-refractivity contribution in [3.05, 3.63) is 64.7 Å². The van der Waals surface area contributed by atoms with Crippen LogP contribution in [0.5, 0.6) is 0 Å². The van der Waals surface area contributed by atoms with E-state index in [1.165, 1.54) is 6.07 Å². The van der Waals surface area contributed by atoms with Crippen molar-refractivity contribution in [1.82, 2.24) is 5.32 Å². The molecule has 0 heterocycles. The second-order valence-corrected chi connectivity index (χ2v) is 5.93. The van der Waals surface area contributed by atoms with E-state index in [4.69, 9.17) is 16.3 Å². The highest BCUT2D eigenvalue weighted by Crippen LogP contribution is 2.13. The second kappa shape index (κ2) is 9.01. The Labute approximate surface area is 156 Å². The van der Waals surface area contributed by atoms with Gasteiger partial charge in [-0.3, -0.25) is 9.59 Å². The lowest BCUT2D eigenvalue weighted by Crippen LogP contribution is -2.41. The highest BCUT2D eigenvalue weighted by Gasteiger charge is 2.17. The Morgan fingerprint density at radius 2 is 1.77 bits per heavy atom. The maximum Gasteiger partial charge on any atom is 0.338 e. The van der Waals surface area contributed by atoms with E-state index in [1.54, 1.807) is 56.3 Å². The van der Waals surface area contributed by atoms with Crippen LogP contribution in [0, 0.1) is 0 Å². The number of carbonyl (C=O) groups is 3. The van der Waals surface area contributed by atoms with Crippen molar-refractivity contribution >= 4 is 35.1 Å². The molecule has 2 aromatic carbocycles. The van der Waals surface area contributed by atoms with Crippen LogP contribution in [0.3, 0.4) is 0 Å². The van der Waals surface area contributed by atoms with Gasteiger partial charge in [-0.15, -0.1) is 0 Å². The number of rotatable bonds is 6. The molecule has 2 amide bonds. The molecule has 2 rings (SSSR count). The Morgan fingerprint density at radius 3 is 2.42 bits per heavy atom. The van der Waals surface area contributed by atoms with Crippen LogP contribution in [0.2, 0.25) is 5.02 Å². The fourth-order valence-corrected chi connectivity index (χ4v) is 2.26. The molecule has 0 saturated carbocycles. The van der Waals surface area contributed by atoms with Gasteiger partial charge >= 0.3 is 5.97 Å². The first-order chi connectivity index (χ1) is 12.4. The lowest BCUT2D eigenvalue weighted by molar-refractivity contribution is -0.117. The standard InChI is InChI=1S/C19H19ClN2O4/c1-3-26-19(25)14-5-4-6-16(11-14)22-17(23)12(2)21-18(24)13-7-9-15(20)10-8-13/h4-12H,3H2,1-2H3,(H,21,24)(H,22,23). The maximum absolute atomic E-state index is 12.3. The molecule has 136 valence electrons. The van der Waals surface area contributed by atoms with Crippen LogP contribution in [0.4, 0.5) is 5.69 Å². The van der Waals surface area contributed by atoms with E-state index in [9.17, 15) is 14.4 Å². The largest absolute Gasteiger partial charge is 0.462 e. The number of esters is 1. The smallest absolute Gasteiger partial charge is 0.338 e. The summed E-state index contributed by atoms with van der Waals surface area (Å²) in [6.07, 6.45) is 0. The molecule has 0 radical (unpaired) electrons. The molecule has 0 saturated heterocycles. The molecule has 0 fully saturated rings. The molecule has 0 spiro atoms. The van der Waals surface area contributed by atoms with E-state index < -0.39 is 17.9 Å². The van der Waals surface area contributed by atoms with Crippen LogP contribution in [0.15, 0.2) is 48.5 Å². The van der Waals surface area contributed by atoms with Gasteiger partial charge in [-0.2, -0.15) is 0 Å². The number of carbonyl (C=O) groups excluding carboxylic acids is 3. The van der Waals surface area contributed by atoms with Crippen molar-refractivity contribution in [2.45, 2.75) is 19.9 Å². The van der Waals surface area contributed by atoms with E-state index in [0.29, 0.717) is 21.8 Å². The first-order valence-corrected chi connectivity index (χ1v) is 8.43. The highest BCUT2D eigenvalue weighted by molar-refractivity contribution is 6.30. The van der Waals surface area contributed by atoms with Gasteiger partial charge in [-0.25, -0.2) is 4.79 Å². The molecule has 2 aromatic rings. The summed E-state index contributed by atoms with van der Waals surface area (Å²) in [6.45, 7) is 3.55. The Bertz CT molecular complexity index is 805. The van der Waals surface area contributed by atoms with Crippen molar-refractivity contribution in [2.75, 3.05) is 11.9 Å². The van der Waals surface area contributed by atoms with Crippen LogP contribution in [-0.2, 0) is 9.53 Å². The van der Waals surface area contributed by atoms with E-state index in [0.717, 1.165) is 0 Å². The van der Waals surface area contributed by atoms with Crippen molar-refractivity contribution in [3.8, 4) is 0 Å². The predicted molar refractivity (Wildman–Crippen MR) is 99.4 cm³/mol. The van der Waals surface area contributed by atoms with Gasteiger partial charge < -0.3 is 15.4 Å². The molecule has 0 aliphatic heterocycles. The quantitative estimate of drug-likeness (QED) is 0.760. The minimum Gasteiger partial charge on any atom is -0.462 e. The number of halogens is 1. The summed E-state index contributed by atoms with van der Waals surface area (Å²) >= 11 is 5.79. The van der Waals surface area contributed by atoms with Crippen LogP contribution >= 0.6 is 11.6 Å². The molecule has 7 heteroatoms. The van der Waals surface area contributed by atoms with E-state index in [1.807, 2.05) is 0 Å². The Hall–Kier alpha value is -2.86. The monoisotopic (exact) mass is 374 g/mol. The second-order valence-electron chi connectivity index (χ2n) is 5.49. The minimum absolute atomic E-state index is 0.267. The molecule has 2 N–H and O–H groups in total. The molecule has 0 aliphatic carbocycles. The highest BCUT2D eigenvalue weighted by atomic mass is 35.5. The number of anilines is 1. The van der Waals surface area contributed by atoms with Gasteiger partial charge in [0.15, 0.2) is 0 Å². The number of hydrogen-bond acceptors (Lipinski definition) is 4. The van der Waals surface area contributed by atoms with Gasteiger partial charge in [0.2, 0.25) is 5.91 Å². The van der Waals surface area contributed by atoms with Crippen LogP contribution in [0.1, 0.15) is 34.6 Å². The van der Waals surface area contributed by atoms with Crippen molar-refractivity contribution in [3.63, 3.8) is 0 Å². The summed E-state index contributed by atoms with van der Waals surface area (Å²) in [5.74, 6) is -1.26. The third-order valence-corrected chi connectivity index (χ3v) is 3.74. The Kier molecular flexibility index (Phi) is 6.74. The maximum atomic E-state index is 12.3. The van der Waals surface area contributed by atoms with Crippen molar-refractivity contribution < 1.29 is 19.1 Å². The molecular formula is C19H19ClN2O4. The molecule has 0 bridgehead atoms. The molecule has 6 nitrogen and oxygen atoms in total. The summed E-state index contributed by atoms with van der Waals surface area (Å²) in [7, 11) is 0. The summed E-state index contributed by atoms with van der Waals surface area (Å²) in [6, 6.07) is 12.0. The molecule has 1 unspecified atom stereocenters. The zero-order chi connectivity index (χ0) is 19.1. The summed E-state index contributed by atoms with van der Waals surface area (Å²) < 4.78 is 4.93. The van der Waals surface area contributed by atoms with Crippen LogP contribution in [-0.4, -0.2) is 30.4 Å². The van der Waals surface area contributed by atoms with E-state index in [2.05, 4.69) is 10.6 Å². The number of benzene rings is 2. The van der Waals surface area contributed by atoms with Gasteiger partial charge in [-0.1, -0.05) is 17.7 Å². The van der Waals surface area contributed by atoms with Crippen LogP contribution in [0.25, 0.3) is 0 Å². The third-order valence-electron chi connectivity index (χ3n) is 3.49. The fourth-order valence-electron chi connectivity index (χ4n) is 2.14. The number of hydrogen-bond donors (Lipinski definition) is 2. The minimum atomic E-state index is -0.774. The molecular weight excluding hydrogens is 356 g/mol. The van der Waals surface area contributed by atoms with E-state index >= 15 is 0 Å². The summed E-state index contributed by atoms with van der Waals surface area (Å²) in [5.41, 5.74) is 1.18. The Balaban J connectivity index is 1.98. The van der Waals surface area contributed by atoms with Gasteiger partial charge in [0.1, 0.15) is 6.04 Å². The number of nitrogens with one attached hydrogen (secondary N) is 2. The topological polar surface area (TPSA) is 84.5 Å². The molecule has 0 aliphatic rings. The number of ether oxygens (including phenoxy) is 1. The summed E-state index contributed by atoms with van der Waals surface area (Å²) in [4.78, 5) is 36.2. The SMILES string of the molecule is CCOC(=O)c1cccc(NC(=O)C(C)NC(=O)c2ccc(Cl)cc2)c1. The Morgan fingerprint density at radius 1 is 1.08 bits per heavy atom. The lowest BCUT2D eigenvalue weighted by atomic mass is 10.2. The van der Waals surface area contributed by atoms with Gasteiger partial charge in [-0.05, 0) is 56.3 Å². The van der Waals surface area contributed by atoms with Crippen molar-refractivity contribution in [2.24, 2.45) is 0 Å². The number of amides is 2. The lowest BCUT2D eigenvalue weighted by Gasteiger charge is -2.14. The van der Waals surface area contributed by atoms with Crippen LogP contribution < -0.4 is 10.6 Å². The predicted octanol–water partition coefficient (Wildman–Crippen LogP) is 3.27. The first kappa shape index (κ1) is 19.5. The molecule has 0 aromatic heterocycles. The van der Waals surface area contributed by atoms with Gasteiger partial charge in [0, 0.05) is 16.3 Å². The van der Waals surface area contributed by atoms with Gasteiger partial charge in [0.05, 0.1) is 12.2 Å². The average molecular weight is 375 g/mol. The average Bonchev–Trinajstić information content (AvgIpc) is 2.62. The first-order valence-electron chi connectivity index (χ1n) is 8.05. The molecule has 1 atom stereocenters. The summed E-state index contributed by atoms with van der Waals surface area (Å²) in [5, 5.41) is 5.79. The third kappa shape index (κ3) is 5.32. The normalized spacial score (nSPS) is 11.3. The van der Waals surface area contributed by atoms with Gasteiger partial charge in [0.25, 0.3) is 5.91 Å².